The number of hydrogen-bond donors (Lipinski definition) is 4. The Kier molecular flexibility index (Phi) is 8.58. The Morgan fingerprint density at radius 3 is 2.33 bits per heavy atom. The first kappa shape index (κ1) is 27.7. The third-order valence-electron chi connectivity index (χ3n) is 6.62. The summed E-state index contributed by atoms with van der Waals surface area (Å²) in [6.45, 7) is 2.70. The number of amides is 4. The molecule has 0 saturated carbocycles. The van der Waals surface area contributed by atoms with Crippen molar-refractivity contribution < 1.29 is 33.7 Å². The molecule has 1 saturated heterocycles. The van der Waals surface area contributed by atoms with Gasteiger partial charge in [0.15, 0.2) is 0 Å². The van der Waals surface area contributed by atoms with Gasteiger partial charge in [-0.2, -0.15) is 0 Å². The first-order chi connectivity index (χ1) is 18.7. The van der Waals surface area contributed by atoms with Crippen molar-refractivity contribution in [3.8, 4) is 5.75 Å². The predicted octanol–water partition coefficient (Wildman–Crippen LogP) is 3.27. The molecule has 3 atom stereocenters. The van der Waals surface area contributed by atoms with Crippen LogP contribution in [0.1, 0.15) is 35.6 Å². The number of carbonyl (C=O) groups excluding carboxylic acids is 3. The van der Waals surface area contributed by atoms with E-state index >= 15 is 0 Å². The molecule has 204 valence electrons. The molecule has 0 aromatic heterocycles. The number of nitrogens with one attached hydrogen (secondary N) is 2. The number of aliphatic hydroxyl groups excluding tert-OH is 2. The highest BCUT2D eigenvalue weighted by Gasteiger charge is 2.47. The largest absolute Gasteiger partial charge is 0.486 e. The van der Waals surface area contributed by atoms with E-state index in [0.29, 0.717) is 16.9 Å². The van der Waals surface area contributed by atoms with E-state index in [9.17, 15) is 29.0 Å². The Hall–Kier alpha value is -4.28. The minimum atomic E-state index is -1.27. The van der Waals surface area contributed by atoms with Gasteiger partial charge in [0.05, 0.1) is 18.9 Å². The van der Waals surface area contributed by atoms with Crippen LogP contribution >= 0.6 is 0 Å². The Morgan fingerprint density at radius 2 is 1.72 bits per heavy atom. The maximum Gasteiger partial charge on any atom is 0.325 e. The summed E-state index contributed by atoms with van der Waals surface area (Å²) >= 11 is 0. The molecule has 1 aliphatic heterocycles. The van der Waals surface area contributed by atoms with Crippen molar-refractivity contribution in [2.24, 2.45) is 0 Å². The van der Waals surface area contributed by atoms with Crippen molar-refractivity contribution >= 4 is 23.5 Å². The molecular weight excluding hydrogens is 505 g/mol. The minimum absolute atomic E-state index is 0.0564. The fraction of sp³-hybridized carbons (Fsp3) is 0.276. The molecule has 3 aromatic rings. The van der Waals surface area contributed by atoms with Crippen LogP contribution in [0.4, 0.5) is 14.9 Å². The van der Waals surface area contributed by atoms with Gasteiger partial charge in [0.1, 0.15) is 29.8 Å². The lowest BCUT2D eigenvalue weighted by atomic mass is 9.91. The maximum absolute atomic E-state index is 14.6. The lowest BCUT2D eigenvalue weighted by Crippen LogP contribution is -2.50. The Labute approximate surface area is 225 Å². The van der Waals surface area contributed by atoms with Gasteiger partial charge in [-0.3, -0.25) is 9.59 Å². The molecular formula is C29H30FN3O6. The topological polar surface area (TPSA) is 128 Å². The van der Waals surface area contributed by atoms with Crippen LogP contribution < -0.4 is 15.4 Å². The van der Waals surface area contributed by atoms with E-state index in [2.05, 4.69) is 10.6 Å². The minimum Gasteiger partial charge on any atom is -0.486 e. The molecule has 0 radical (unpaired) electrons. The molecule has 0 spiro atoms. The molecule has 0 bridgehead atoms. The van der Waals surface area contributed by atoms with E-state index < -0.39 is 47.8 Å². The van der Waals surface area contributed by atoms with E-state index in [1.807, 2.05) is 6.07 Å². The van der Waals surface area contributed by atoms with Crippen LogP contribution in [0.5, 0.6) is 5.75 Å². The van der Waals surface area contributed by atoms with Crippen molar-refractivity contribution in [2.75, 3.05) is 18.5 Å². The van der Waals surface area contributed by atoms with Crippen LogP contribution in [-0.4, -0.2) is 58.3 Å². The van der Waals surface area contributed by atoms with Crippen LogP contribution in [0.25, 0.3) is 0 Å². The number of benzene rings is 3. The van der Waals surface area contributed by atoms with E-state index in [-0.39, 0.29) is 18.9 Å². The van der Waals surface area contributed by atoms with Crippen molar-refractivity contribution in [3.63, 3.8) is 0 Å². The average molecular weight is 536 g/mol. The van der Waals surface area contributed by atoms with E-state index in [4.69, 9.17) is 4.74 Å². The molecule has 1 heterocycles. The zero-order valence-electron chi connectivity index (χ0n) is 21.5. The fourth-order valence-corrected chi connectivity index (χ4v) is 4.48. The van der Waals surface area contributed by atoms with Gasteiger partial charge in [-0.25, -0.2) is 14.1 Å². The SMILES string of the molecule is Cc1ccc(NC(=O)C(C(C)c2ccccc2)N2C(=O)N[C@H](c3ccc(OC(CO)CO)cc3)C2=O)c(F)c1. The Bertz CT molecular complexity index is 1330. The van der Waals surface area contributed by atoms with Gasteiger partial charge in [0.2, 0.25) is 5.91 Å². The normalized spacial score (nSPS) is 16.7. The van der Waals surface area contributed by atoms with Gasteiger partial charge in [-0.1, -0.05) is 55.5 Å². The predicted molar refractivity (Wildman–Crippen MR) is 142 cm³/mol. The van der Waals surface area contributed by atoms with Crippen molar-refractivity contribution in [1.29, 1.82) is 0 Å². The monoisotopic (exact) mass is 535 g/mol. The third kappa shape index (κ3) is 6.08. The highest BCUT2D eigenvalue weighted by Crippen LogP contribution is 2.32. The first-order valence-electron chi connectivity index (χ1n) is 12.5. The Balaban J connectivity index is 1.62. The second-order valence-corrected chi connectivity index (χ2v) is 9.38. The molecule has 1 fully saturated rings. The standard InChI is InChI=1S/C29H30FN3O6/c1-17-8-13-24(23(30)14-17)31-27(36)26(18(2)19-6-4-3-5-7-19)33-28(37)25(32-29(33)38)20-9-11-21(12-10-20)39-22(15-34)16-35/h3-14,18,22,25-26,34-35H,15-16H2,1-2H3,(H,31,36)(H,32,38)/t18?,25-,26?/m1/s1. The number of carbonyl (C=O) groups is 3. The lowest BCUT2D eigenvalue weighted by molar-refractivity contribution is -0.134. The molecule has 10 heteroatoms. The molecule has 0 aliphatic carbocycles. The van der Waals surface area contributed by atoms with Crippen LogP contribution in [0.15, 0.2) is 72.8 Å². The molecule has 39 heavy (non-hydrogen) atoms. The number of imide groups is 1. The average Bonchev–Trinajstić information content (AvgIpc) is 3.23. The number of rotatable bonds is 10. The number of aryl methyl sites for hydroxylation is 1. The van der Waals surface area contributed by atoms with E-state index in [1.54, 1.807) is 68.4 Å². The first-order valence-corrected chi connectivity index (χ1v) is 12.5. The van der Waals surface area contributed by atoms with Crippen LogP contribution in [0.2, 0.25) is 0 Å². The van der Waals surface area contributed by atoms with E-state index in [0.717, 1.165) is 10.5 Å². The van der Waals surface area contributed by atoms with Crippen LogP contribution in [-0.2, 0) is 9.59 Å². The molecule has 3 aromatic carbocycles. The van der Waals surface area contributed by atoms with Crippen molar-refractivity contribution in [3.05, 3.63) is 95.3 Å². The molecule has 4 rings (SSSR count). The number of anilines is 1. The van der Waals surface area contributed by atoms with Crippen molar-refractivity contribution in [2.45, 2.75) is 38.0 Å². The van der Waals surface area contributed by atoms with Gasteiger partial charge in [-0.05, 0) is 47.9 Å². The summed E-state index contributed by atoms with van der Waals surface area (Å²) in [5.41, 5.74) is 1.79. The summed E-state index contributed by atoms with van der Waals surface area (Å²) in [5.74, 6) is -2.23. The summed E-state index contributed by atoms with van der Waals surface area (Å²) < 4.78 is 20.0. The summed E-state index contributed by atoms with van der Waals surface area (Å²) in [7, 11) is 0. The highest BCUT2D eigenvalue weighted by atomic mass is 19.1. The zero-order chi connectivity index (χ0) is 28.1. The number of ether oxygens (including phenoxy) is 1. The van der Waals surface area contributed by atoms with Gasteiger partial charge in [0.25, 0.3) is 5.91 Å². The van der Waals surface area contributed by atoms with Crippen molar-refractivity contribution in [1.82, 2.24) is 10.2 Å². The van der Waals surface area contributed by atoms with E-state index in [1.165, 1.54) is 12.1 Å². The molecule has 4 amide bonds. The fourth-order valence-electron chi connectivity index (χ4n) is 4.48. The Morgan fingerprint density at radius 1 is 1.05 bits per heavy atom. The molecule has 4 N–H and O–H groups in total. The highest BCUT2D eigenvalue weighted by molar-refractivity contribution is 6.10. The number of nitrogens with zero attached hydrogens (tertiary/aromatic N) is 1. The van der Waals surface area contributed by atoms with Crippen LogP contribution in [0.3, 0.4) is 0 Å². The summed E-state index contributed by atoms with van der Waals surface area (Å²) in [5, 5.41) is 23.6. The van der Waals surface area contributed by atoms with Crippen LogP contribution in [0, 0.1) is 12.7 Å². The third-order valence-corrected chi connectivity index (χ3v) is 6.62. The number of halogens is 1. The number of aliphatic hydroxyl groups is 2. The molecule has 1 aliphatic rings. The van der Waals surface area contributed by atoms with Gasteiger partial charge < -0.3 is 25.6 Å². The molecule has 2 unspecified atom stereocenters. The number of urea groups is 1. The zero-order valence-corrected chi connectivity index (χ0v) is 21.5. The summed E-state index contributed by atoms with van der Waals surface area (Å²) in [6, 6.07) is 16.5. The van der Waals surface area contributed by atoms with Gasteiger partial charge in [-0.15, -0.1) is 0 Å². The number of hydrogen-bond acceptors (Lipinski definition) is 6. The quantitative estimate of drug-likeness (QED) is 0.295. The van der Waals surface area contributed by atoms with Gasteiger partial charge >= 0.3 is 6.03 Å². The second-order valence-electron chi connectivity index (χ2n) is 9.38. The second kappa shape index (κ2) is 12.1. The summed E-state index contributed by atoms with van der Waals surface area (Å²) in [4.78, 5) is 41.2. The summed E-state index contributed by atoms with van der Waals surface area (Å²) in [6.07, 6.45) is -0.795. The smallest absolute Gasteiger partial charge is 0.325 e. The maximum atomic E-state index is 14.6. The molecule has 9 nitrogen and oxygen atoms in total. The lowest BCUT2D eigenvalue weighted by Gasteiger charge is -2.30. The van der Waals surface area contributed by atoms with Gasteiger partial charge in [0, 0.05) is 5.92 Å².